The van der Waals surface area contributed by atoms with Crippen LogP contribution in [0.4, 0.5) is 5.69 Å². The Morgan fingerprint density at radius 2 is 2.47 bits per heavy atom. The summed E-state index contributed by atoms with van der Waals surface area (Å²) in [6, 6.07) is 5.86. The first-order chi connectivity index (χ1) is 7.33. The van der Waals surface area contributed by atoms with E-state index in [2.05, 4.69) is 9.89 Å². The second-order valence-corrected chi connectivity index (χ2v) is 3.44. The Hall–Kier alpha value is -1.80. The van der Waals surface area contributed by atoms with E-state index >= 15 is 0 Å². The number of carbonyl (C=O) groups excluding carboxylic acids is 1. The van der Waals surface area contributed by atoms with Gasteiger partial charge in [0, 0.05) is 12.6 Å². The van der Waals surface area contributed by atoms with Crippen LogP contribution in [-0.2, 0) is 11.3 Å². The smallest absolute Gasteiger partial charge is 0.235 e. The van der Waals surface area contributed by atoms with Gasteiger partial charge in [-0.15, -0.1) is 0 Å². The second kappa shape index (κ2) is 4.15. The van der Waals surface area contributed by atoms with Gasteiger partial charge in [-0.3, -0.25) is 0 Å². The first kappa shape index (κ1) is 9.74. The van der Waals surface area contributed by atoms with Crippen LogP contribution in [-0.4, -0.2) is 26.3 Å². The van der Waals surface area contributed by atoms with E-state index in [0.717, 1.165) is 23.5 Å². The minimum absolute atomic E-state index is 0.334. The van der Waals surface area contributed by atoms with Crippen LogP contribution in [0.2, 0.25) is 0 Å². The number of ether oxygens (including phenoxy) is 1. The van der Waals surface area contributed by atoms with Crippen LogP contribution in [0.1, 0.15) is 5.56 Å². The summed E-state index contributed by atoms with van der Waals surface area (Å²) in [5.74, 6) is 0.838. The van der Waals surface area contributed by atoms with Crippen molar-refractivity contribution in [2.75, 3.05) is 25.1 Å². The normalized spacial score (nSPS) is 13.8. The van der Waals surface area contributed by atoms with Gasteiger partial charge in [-0.05, 0) is 6.07 Å². The molecule has 1 heterocycles. The van der Waals surface area contributed by atoms with E-state index in [9.17, 15) is 4.79 Å². The third-order valence-electron chi connectivity index (χ3n) is 2.47. The topological polar surface area (TPSA) is 41.9 Å². The summed E-state index contributed by atoms with van der Waals surface area (Å²) in [5, 5.41) is 0. The molecule has 0 unspecified atom stereocenters. The summed E-state index contributed by atoms with van der Waals surface area (Å²) in [6.45, 7) is 1.89. The molecule has 0 N–H and O–H groups in total. The van der Waals surface area contributed by atoms with Gasteiger partial charge in [-0.25, -0.2) is 9.79 Å². The highest BCUT2D eigenvalue weighted by molar-refractivity contribution is 5.63. The van der Waals surface area contributed by atoms with Gasteiger partial charge in [0.05, 0.1) is 18.8 Å². The van der Waals surface area contributed by atoms with Crippen molar-refractivity contribution in [3.8, 4) is 5.75 Å². The Bertz CT molecular complexity index is 411. The van der Waals surface area contributed by atoms with Gasteiger partial charge in [0.15, 0.2) is 0 Å². The van der Waals surface area contributed by atoms with Crippen LogP contribution in [0.3, 0.4) is 0 Å². The fourth-order valence-electron chi connectivity index (χ4n) is 1.69. The van der Waals surface area contributed by atoms with Crippen molar-refractivity contribution in [3.63, 3.8) is 0 Å². The highest BCUT2D eigenvalue weighted by Crippen LogP contribution is 2.34. The SMILES string of the molecule is CN1CCOc2c(CN=C=O)cccc21. The lowest BCUT2D eigenvalue weighted by molar-refractivity contribution is 0.308. The Kier molecular flexibility index (Phi) is 2.70. The molecule has 0 aliphatic carbocycles. The molecule has 0 bridgehead atoms. The molecule has 15 heavy (non-hydrogen) atoms. The Morgan fingerprint density at radius 3 is 3.27 bits per heavy atom. The average molecular weight is 204 g/mol. The first-order valence-electron chi connectivity index (χ1n) is 4.82. The number of fused-ring (bicyclic) bond motifs is 1. The van der Waals surface area contributed by atoms with Crippen molar-refractivity contribution in [3.05, 3.63) is 23.8 Å². The maximum atomic E-state index is 10.1. The van der Waals surface area contributed by atoms with Crippen molar-refractivity contribution >= 4 is 11.8 Å². The molecular formula is C11H12N2O2. The lowest BCUT2D eigenvalue weighted by Gasteiger charge is -2.28. The number of nitrogens with zero attached hydrogens (tertiary/aromatic N) is 2. The number of hydrogen-bond acceptors (Lipinski definition) is 4. The molecule has 1 aliphatic heterocycles. The predicted molar refractivity (Wildman–Crippen MR) is 57.0 cm³/mol. The maximum absolute atomic E-state index is 10.1. The molecule has 0 radical (unpaired) electrons. The van der Waals surface area contributed by atoms with Crippen molar-refractivity contribution in [1.29, 1.82) is 0 Å². The van der Waals surface area contributed by atoms with E-state index in [4.69, 9.17) is 4.74 Å². The van der Waals surface area contributed by atoms with Crippen LogP contribution >= 0.6 is 0 Å². The van der Waals surface area contributed by atoms with Crippen LogP contribution in [0.5, 0.6) is 5.75 Å². The van der Waals surface area contributed by atoms with E-state index < -0.39 is 0 Å². The van der Waals surface area contributed by atoms with Gasteiger partial charge in [-0.1, -0.05) is 12.1 Å². The number of aliphatic imine (C=N–C) groups is 1. The van der Waals surface area contributed by atoms with Gasteiger partial charge in [0.1, 0.15) is 12.4 Å². The number of rotatable bonds is 2. The molecule has 4 nitrogen and oxygen atoms in total. The molecule has 0 fully saturated rings. The largest absolute Gasteiger partial charge is 0.489 e. The van der Waals surface area contributed by atoms with Crippen molar-refractivity contribution in [2.24, 2.45) is 4.99 Å². The molecule has 0 amide bonds. The van der Waals surface area contributed by atoms with Crippen molar-refractivity contribution in [2.45, 2.75) is 6.54 Å². The molecule has 0 aromatic heterocycles. The molecule has 0 spiro atoms. The number of likely N-dealkylation sites (N-methyl/N-ethyl adjacent to an activating group) is 1. The number of hydrogen-bond donors (Lipinski definition) is 0. The van der Waals surface area contributed by atoms with E-state index in [-0.39, 0.29) is 0 Å². The molecule has 78 valence electrons. The maximum Gasteiger partial charge on any atom is 0.235 e. The Labute approximate surface area is 88.2 Å². The summed E-state index contributed by atoms with van der Waals surface area (Å²) in [4.78, 5) is 15.8. The van der Waals surface area contributed by atoms with Gasteiger partial charge in [0.2, 0.25) is 6.08 Å². The van der Waals surface area contributed by atoms with E-state index in [1.807, 2.05) is 25.2 Å². The lowest BCUT2D eigenvalue weighted by Crippen LogP contribution is -2.29. The zero-order valence-electron chi connectivity index (χ0n) is 8.56. The highest BCUT2D eigenvalue weighted by Gasteiger charge is 2.17. The molecule has 0 saturated carbocycles. The van der Waals surface area contributed by atoms with Crippen LogP contribution in [0.25, 0.3) is 0 Å². The molecule has 4 heteroatoms. The number of isocyanates is 1. The number of benzene rings is 1. The molecule has 1 aromatic rings. The second-order valence-electron chi connectivity index (χ2n) is 3.44. The standard InChI is InChI=1S/C11H12N2O2/c1-13-5-6-15-11-9(7-12-8-14)3-2-4-10(11)13/h2-4H,5-7H2,1H3. The Morgan fingerprint density at radius 1 is 1.60 bits per heavy atom. The predicted octanol–water partition coefficient (Wildman–Crippen LogP) is 1.35. The number of para-hydroxylation sites is 1. The van der Waals surface area contributed by atoms with Gasteiger partial charge >= 0.3 is 0 Å². The van der Waals surface area contributed by atoms with Gasteiger partial charge in [0.25, 0.3) is 0 Å². The summed E-state index contributed by atoms with van der Waals surface area (Å²) in [6.07, 6.45) is 1.54. The lowest BCUT2D eigenvalue weighted by atomic mass is 10.1. The van der Waals surface area contributed by atoms with Crippen LogP contribution in [0.15, 0.2) is 23.2 Å². The summed E-state index contributed by atoms with van der Waals surface area (Å²) < 4.78 is 5.59. The van der Waals surface area contributed by atoms with Crippen molar-refractivity contribution < 1.29 is 9.53 Å². The first-order valence-corrected chi connectivity index (χ1v) is 4.82. The molecule has 0 saturated heterocycles. The summed E-state index contributed by atoms with van der Waals surface area (Å²) >= 11 is 0. The van der Waals surface area contributed by atoms with E-state index in [1.54, 1.807) is 6.08 Å². The molecule has 1 aromatic carbocycles. The van der Waals surface area contributed by atoms with E-state index in [1.165, 1.54) is 0 Å². The molecule has 0 atom stereocenters. The fourth-order valence-corrected chi connectivity index (χ4v) is 1.69. The van der Waals surface area contributed by atoms with Gasteiger partial charge < -0.3 is 9.64 Å². The number of anilines is 1. The summed E-state index contributed by atoms with van der Waals surface area (Å²) in [5.41, 5.74) is 1.99. The molecular weight excluding hydrogens is 192 g/mol. The average Bonchev–Trinajstić information content (AvgIpc) is 2.27. The molecule has 2 rings (SSSR count). The third-order valence-corrected chi connectivity index (χ3v) is 2.47. The fraction of sp³-hybridized carbons (Fsp3) is 0.364. The van der Waals surface area contributed by atoms with Crippen LogP contribution < -0.4 is 9.64 Å². The summed E-state index contributed by atoms with van der Waals surface area (Å²) in [7, 11) is 2.02. The monoisotopic (exact) mass is 204 g/mol. The third kappa shape index (κ3) is 1.85. The van der Waals surface area contributed by atoms with Crippen molar-refractivity contribution in [1.82, 2.24) is 0 Å². The van der Waals surface area contributed by atoms with Gasteiger partial charge in [-0.2, -0.15) is 0 Å². The Balaban J connectivity index is 2.39. The minimum Gasteiger partial charge on any atom is -0.489 e. The molecule has 1 aliphatic rings. The zero-order valence-corrected chi connectivity index (χ0v) is 8.56. The quantitative estimate of drug-likeness (QED) is 0.539. The van der Waals surface area contributed by atoms with Crippen LogP contribution in [0, 0.1) is 0 Å². The minimum atomic E-state index is 0.334. The zero-order chi connectivity index (χ0) is 10.7. The highest BCUT2D eigenvalue weighted by atomic mass is 16.5. The van der Waals surface area contributed by atoms with E-state index in [0.29, 0.717) is 13.2 Å².